The molecule has 0 aliphatic rings. The molecule has 0 saturated carbocycles. The monoisotopic (exact) mass is 875 g/mol. The van der Waals surface area contributed by atoms with E-state index in [9.17, 15) is 14.4 Å². The van der Waals surface area contributed by atoms with Gasteiger partial charge >= 0.3 is 17.9 Å². The van der Waals surface area contributed by atoms with Crippen LogP contribution in [0.1, 0.15) is 226 Å². The average Bonchev–Trinajstić information content (AvgIpc) is 3.28. The summed E-state index contributed by atoms with van der Waals surface area (Å²) in [6.07, 6.45) is 66.9. The third-order valence-corrected chi connectivity index (χ3v) is 10.6. The van der Waals surface area contributed by atoms with Crippen LogP contribution < -0.4 is 0 Å². The molecule has 0 rings (SSSR count). The molecule has 1 atom stereocenters. The van der Waals surface area contributed by atoms with Gasteiger partial charge in [0.05, 0.1) is 0 Å². The molecule has 6 heteroatoms. The number of esters is 3. The zero-order valence-electron chi connectivity index (χ0n) is 40.8. The van der Waals surface area contributed by atoms with Crippen molar-refractivity contribution in [2.45, 2.75) is 232 Å². The molecule has 0 fully saturated rings. The highest BCUT2D eigenvalue weighted by molar-refractivity contribution is 5.71. The van der Waals surface area contributed by atoms with Gasteiger partial charge in [-0.3, -0.25) is 14.4 Å². The van der Waals surface area contributed by atoms with Gasteiger partial charge in [-0.25, -0.2) is 0 Å². The SMILES string of the molecule is CC/C=C\C/C=C\C/C=C\C/C=C\C/C=C\C/C=C\C/C=C\CCCCCC(=O)OCC(COC(=O)CCCCCCCCCCC)OC(=O)CCCCCCC/C=C\CCCC. The first-order chi connectivity index (χ1) is 31.0. The van der Waals surface area contributed by atoms with Gasteiger partial charge in [-0.1, -0.05) is 208 Å². The van der Waals surface area contributed by atoms with E-state index in [4.69, 9.17) is 14.2 Å². The Balaban J connectivity index is 4.33. The van der Waals surface area contributed by atoms with Crippen LogP contribution in [0.25, 0.3) is 0 Å². The van der Waals surface area contributed by atoms with E-state index in [2.05, 4.69) is 118 Å². The number of ether oxygens (including phenoxy) is 3. The molecule has 0 aromatic heterocycles. The lowest BCUT2D eigenvalue weighted by atomic mass is 10.1. The molecule has 0 spiro atoms. The van der Waals surface area contributed by atoms with Gasteiger partial charge in [-0.15, -0.1) is 0 Å². The summed E-state index contributed by atoms with van der Waals surface area (Å²) in [4.78, 5) is 37.8. The van der Waals surface area contributed by atoms with E-state index in [0.29, 0.717) is 19.3 Å². The molecule has 1 unspecified atom stereocenters. The number of unbranched alkanes of at least 4 members (excludes halogenated alkanes) is 18. The third-order valence-electron chi connectivity index (χ3n) is 10.6. The number of carbonyl (C=O) groups excluding carboxylic acids is 3. The first kappa shape index (κ1) is 59.3. The van der Waals surface area contributed by atoms with Crippen molar-refractivity contribution in [3.05, 3.63) is 97.2 Å². The first-order valence-corrected chi connectivity index (χ1v) is 25.7. The summed E-state index contributed by atoms with van der Waals surface area (Å²) in [5, 5.41) is 0. The van der Waals surface area contributed by atoms with Crippen LogP contribution in [-0.2, 0) is 28.6 Å². The van der Waals surface area contributed by atoms with Crippen LogP contribution in [0.5, 0.6) is 0 Å². The second-order valence-corrected chi connectivity index (χ2v) is 16.7. The fraction of sp³-hybridized carbons (Fsp3) is 0.667. The quantitative estimate of drug-likeness (QED) is 0.0262. The van der Waals surface area contributed by atoms with Crippen LogP contribution in [0, 0.1) is 0 Å². The summed E-state index contributed by atoms with van der Waals surface area (Å²) < 4.78 is 16.7. The van der Waals surface area contributed by atoms with Crippen molar-refractivity contribution < 1.29 is 28.6 Å². The van der Waals surface area contributed by atoms with Gasteiger partial charge in [0.25, 0.3) is 0 Å². The molecular weight excluding hydrogens is 781 g/mol. The molecule has 0 N–H and O–H groups in total. The van der Waals surface area contributed by atoms with Crippen LogP contribution in [-0.4, -0.2) is 37.2 Å². The van der Waals surface area contributed by atoms with Crippen molar-refractivity contribution in [1.29, 1.82) is 0 Å². The predicted molar refractivity (Wildman–Crippen MR) is 270 cm³/mol. The Morgan fingerprint density at radius 2 is 0.635 bits per heavy atom. The van der Waals surface area contributed by atoms with E-state index in [1.165, 1.54) is 64.2 Å². The summed E-state index contributed by atoms with van der Waals surface area (Å²) in [5.41, 5.74) is 0. The highest BCUT2D eigenvalue weighted by Crippen LogP contribution is 2.13. The lowest BCUT2D eigenvalue weighted by molar-refractivity contribution is -0.167. The molecule has 0 aromatic rings. The lowest BCUT2D eigenvalue weighted by Crippen LogP contribution is -2.30. The minimum Gasteiger partial charge on any atom is -0.462 e. The molecule has 0 aromatic carbocycles. The van der Waals surface area contributed by atoms with Gasteiger partial charge < -0.3 is 14.2 Å². The van der Waals surface area contributed by atoms with Gasteiger partial charge in [0.2, 0.25) is 0 Å². The van der Waals surface area contributed by atoms with Gasteiger partial charge in [-0.05, 0) is 96.3 Å². The lowest BCUT2D eigenvalue weighted by Gasteiger charge is -2.18. The maximum Gasteiger partial charge on any atom is 0.306 e. The van der Waals surface area contributed by atoms with Gasteiger partial charge in [0, 0.05) is 19.3 Å². The minimum absolute atomic E-state index is 0.0913. The Hall–Kier alpha value is -3.67. The van der Waals surface area contributed by atoms with Crippen LogP contribution in [0.4, 0.5) is 0 Å². The van der Waals surface area contributed by atoms with E-state index in [-0.39, 0.29) is 31.1 Å². The number of hydrogen-bond donors (Lipinski definition) is 0. The molecule has 0 radical (unpaired) electrons. The highest BCUT2D eigenvalue weighted by Gasteiger charge is 2.19. The van der Waals surface area contributed by atoms with Crippen molar-refractivity contribution in [2.24, 2.45) is 0 Å². The summed E-state index contributed by atoms with van der Waals surface area (Å²) in [5.74, 6) is -0.943. The van der Waals surface area contributed by atoms with E-state index >= 15 is 0 Å². The zero-order valence-corrected chi connectivity index (χ0v) is 40.8. The van der Waals surface area contributed by atoms with Gasteiger partial charge in [-0.2, -0.15) is 0 Å². The van der Waals surface area contributed by atoms with Gasteiger partial charge in [0.1, 0.15) is 13.2 Å². The Kier molecular flexibility index (Phi) is 48.0. The smallest absolute Gasteiger partial charge is 0.306 e. The molecule has 0 aliphatic heterocycles. The largest absolute Gasteiger partial charge is 0.462 e. The maximum atomic E-state index is 12.7. The summed E-state index contributed by atoms with van der Waals surface area (Å²) in [7, 11) is 0. The molecule has 0 bridgehead atoms. The van der Waals surface area contributed by atoms with Crippen molar-refractivity contribution in [2.75, 3.05) is 13.2 Å². The van der Waals surface area contributed by atoms with E-state index < -0.39 is 6.10 Å². The van der Waals surface area contributed by atoms with Crippen molar-refractivity contribution in [1.82, 2.24) is 0 Å². The van der Waals surface area contributed by atoms with Crippen LogP contribution in [0.15, 0.2) is 97.2 Å². The fourth-order valence-electron chi connectivity index (χ4n) is 6.70. The first-order valence-electron chi connectivity index (χ1n) is 25.7. The molecule has 0 heterocycles. The van der Waals surface area contributed by atoms with Crippen LogP contribution in [0.2, 0.25) is 0 Å². The van der Waals surface area contributed by atoms with Crippen molar-refractivity contribution >= 4 is 17.9 Å². The molecule has 0 aliphatic carbocycles. The molecule has 358 valence electrons. The average molecular weight is 875 g/mol. The molecule has 63 heavy (non-hydrogen) atoms. The Morgan fingerprint density at radius 1 is 0.333 bits per heavy atom. The van der Waals surface area contributed by atoms with Crippen molar-refractivity contribution in [3.63, 3.8) is 0 Å². The molecule has 6 nitrogen and oxygen atoms in total. The second-order valence-electron chi connectivity index (χ2n) is 16.7. The van der Waals surface area contributed by atoms with Gasteiger partial charge in [0.15, 0.2) is 6.10 Å². The normalized spacial score (nSPS) is 12.9. The van der Waals surface area contributed by atoms with Crippen LogP contribution in [0.3, 0.4) is 0 Å². The fourth-order valence-corrected chi connectivity index (χ4v) is 6.70. The van der Waals surface area contributed by atoms with Crippen molar-refractivity contribution in [3.8, 4) is 0 Å². The Bertz CT molecular complexity index is 1280. The Morgan fingerprint density at radius 3 is 1.05 bits per heavy atom. The zero-order chi connectivity index (χ0) is 45.8. The molecule has 0 saturated heterocycles. The standard InChI is InChI=1S/C57H94O6/c1-4-7-10-13-16-19-21-22-23-24-25-26-27-28-29-30-31-32-33-34-36-38-41-44-47-50-56(59)62-53-54(52-61-55(58)49-46-43-40-37-18-15-12-9-6-3)63-57(60)51-48-45-42-39-35-20-17-14-11-8-5-2/h7,10,14,16-17,19,22-23,25-26,28-29,31-32,34,36,54H,4-6,8-9,11-13,15,18,20-21,24,27,30,33,35,37-53H2,1-3H3/b10-7-,17-14-,19-16-,23-22-,26-25-,29-28-,32-31-,36-34-. The number of rotatable bonds is 45. The molecule has 0 amide bonds. The minimum atomic E-state index is -0.792. The Labute approximate surface area is 387 Å². The number of allylic oxidation sites excluding steroid dienone is 16. The van der Waals surface area contributed by atoms with E-state index in [0.717, 1.165) is 122 Å². The highest BCUT2D eigenvalue weighted by atomic mass is 16.6. The number of hydrogen-bond acceptors (Lipinski definition) is 6. The summed E-state index contributed by atoms with van der Waals surface area (Å²) >= 11 is 0. The van der Waals surface area contributed by atoms with E-state index in [1.54, 1.807) is 0 Å². The summed E-state index contributed by atoms with van der Waals surface area (Å²) in [6.45, 7) is 6.41. The van der Waals surface area contributed by atoms with E-state index in [1.807, 2.05) is 0 Å². The third kappa shape index (κ3) is 49.2. The van der Waals surface area contributed by atoms with Crippen LogP contribution >= 0.6 is 0 Å². The topological polar surface area (TPSA) is 78.9 Å². The maximum absolute atomic E-state index is 12.7. The molecular formula is C57H94O6. The summed E-state index contributed by atoms with van der Waals surface area (Å²) in [6, 6.07) is 0. The predicted octanol–water partition coefficient (Wildman–Crippen LogP) is 17.0. The number of carbonyl (C=O) groups is 3. The second kappa shape index (κ2) is 51.0.